The number of guanidine groups is 1. The fraction of sp³-hybridized carbons (Fsp3) is 0.632. The zero-order valence-electron chi connectivity index (χ0n) is 17.2. The first-order chi connectivity index (χ1) is 12.8. The summed E-state index contributed by atoms with van der Waals surface area (Å²) in [6, 6.07) is 8.16. The molecule has 1 aromatic carbocycles. The van der Waals surface area contributed by atoms with E-state index in [1.54, 1.807) is 21.0 Å². The number of hydrogen-bond donors (Lipinski definition) is 2. The van der Waals surface area contributed by atoms with Gasteiger partial charge in [0.1, 0.15) is 0 Å². The van der Waals surface area contributed by atoms with Gasteiger partial charge in [-0.15, -0.1) is 24.0 Å². The van der Waals surface area contributed by atoms with Gasteiger partial charge in [0.2, 0.25) is 0 Å². The average molecular weight is 524 g/mol. The standard InChI is InChI=1S/C19H32N4O3S.HI/c1-5-20-18(23-11-13-27(24,25)19(2,3)15-23)22-14-16-6-8-17(9-7-16)21-10-12-26-4;/h6-9,21H,5,10-15H2,1-4H3,(H,20,22);1H. The Labute approximate surface area is 186 Å². The molecule has 0 radical (unpaired) electrons. The van der Waals surface area contributed by atoms with Crippen LogP contribution in [-0.4, -0.2) is 69.7 Å². The van der Waals surface area contributed by atoms with Gasteiger partial charge < -0.3 is 20.3 Å². The van der Waals surface area contributed by atoms with E-state index >= 15 is 0 Å². The Hall–Kier alpha value is -1.07. The van der Waals surface area contributed by atoms with Crippen LogP contribution >= 0.6 is 24.0 Å². The second kappa shape index (κ2) is 11.2. The van der Waals surface area contributed by atoms with Crippen LogP contribution in [0.5, 0.6) is 0 Å². The van der Waals surface area contributed by atoms with Crippen LogP contribution in [0, 0.1) is 0 Å². The molecule has 9 heteroatoms. The molecule has 0 amide bonds. The van der Waals surface area contributed by atoms with Crippen LogP contribution in [0.1, 0.15) is 26.3 Å². The number of benzene rings is 1. The van der Waals surface area contributed by atoms with E-state index in [2.05, 4.69) is 10.6 Å². The van der Waals surface area contributed by atoms with Gasteiger partial charge in [0.05, 0.1) is 23.7 Å². The maximum absolute atomic E-state index is 12.2. The number of aliphatic imine (C=N–C) groups is 1. The van der Waals surface area contributed by atoms with Crippen molar-refractivity contribution in [1.82, 2.24) is 10.2 Å². The molecule has 0 unspecified atom stereocenters. The van der Waals surface area contributed by atoms with E-state index in [1.807, 2.05) is 36.1 Å². The first-order valence-corrected chi connectivity index (χ1v) is 11.0. The summed E-state index contributed by atoms with van der Waals surface area (Å²) in [5.74, 6) is 0.925. The molecule has 2 N–H and O–H groups in total. The van der Waals surface area contributed by atoms with Crippen LogP contribution in [0.2, 0.25) is 0 Å². The minimum atomic E-state index is -3.06. The lowest BCUT2D eigenvalue weighted by Crippen LogP contribution is -2.57. The highest BCUT2D eigenvalue weighted by Crippen LogP contribution is 2.23. The third-order valence-electron chi connectivity index (χ3n) is 4.68. The van der Waals surface area contributed by atoms with Gasteiger partial charge in [-0.2, -0.15) is 0 Å². The molecule has 1 fully saturated rings. The molecular weight excluding hydrogens is 491 g/mol. The first-order valence-electron chi connectivity index (χ1n) is 9.36. The third-order valence-corrected chi connectivity index (χ3v) is 7.21. The molecule has 1 heterocycles. The number of rotatable bonds is 7. The summed E-state index contributed by atoms with van der Waals surface area (Å²) in [7, 11) is -1.38. The van der Waals surface area contributed by atoms with Crippen molar-refractivity contribution in [3.63, 3.8) is 0 Å². The summed E-state index contributed by atoms with van der Waals surface area (Å²) in [6.07, 6.45) is 0. The van der Waals surface area contributed by atoms with Crippen molar-refractivity contribution in [1.29, 1.82) is 0 Å². The van der Waals surface area contributed by atoms with Crippen molar-refractivity contribution >= 4 is 45.5 Å². The number of sulfone groups is 1. The maximum atomic E-state index is 12.2. The molecule has 1 saturated heterocycles. The molecule has 0 spiro atoms. The molecule has 1 aliphatic rings. The lowest BCUT2D eigenvalue weighted by molar-refractivity contribution is 0.211. The summed E-state index contributed by atoms with van der Waals surface area (Å²) < 4.78 is 28.7. The molecule has 0 saturated carbocycles. The van der Waals surface area contributed by atoms with E-state index in [0.29, 0.717) is 26.2 Å². The first kappa shape index (κ1) is 25.0. The fourth-order valence-corrected chi connectivity index (χ4v) is 4.31. The molecular formula is C19H33IN4O3S. The summed E-state index contributed by atoms with van der Waals surface area (Å²) in [5.41, 5.74) is 2.15. The maximum Gasteiger partial charge on any atom is 0.194 e. The van der Waals surface area contributed by atoms with Crippen LogP contribution in [0.3, 0.4) is 0 Å². The molecule has 28 heavy (non-hydrogen) atoms. The zero-order chi connectivity index (χ0) is 19.9. The molecule has 0 atom stereocenters. The van der Waals surface area contributed by atoms with Gasteiger partial charge >= 0.3 is 0 Å². The Kier molecular flexibility index (Phi) is 9.99. The number of ether oxygens (including phenoxy) is 1. The van der Waals surface area contributed by atoms with Crippen molar-refractivity contribution in [2.45, 2.75) is 32.1 Å². The number of hydrogen-bond acceptors (Lipinski definition) is 5. The molecule has 1 aliphatic heterocycles. The van der Waals surface area contributed by atoms with Gasteiger partial charge in [0.15, 0.2) is 15.8 Å². The average Bonchev–Trinajstić information content (AvgIpc) is 2.62. The molecule has 2 rings (SSSR count). The molecule has 7 nitrogen and oxygen atoms in total. The predicted octanol–water partition coefficient (Wildman–Crippen LogP) is 2.34. The van der Waals surface area contributed by atoms with Gasteiger partial charge in [-0.1, -0.05) is 12.1 Å². The summed E-state index contributed by atoms with van der Waals surface area (Å²) in [4.78, 5) is 6.77. The second-order valence-corrected chi connectivity index (χ2v) is 10.0. The SMILES string of the molecule is CCNC(=NCc1ccc(NCCOC)cc1)N1CCS(=O)(=O)C(C)(C)C1.I. The van der Waals surface area contributed by atoms with Crippen molar-refractivity contribution in [3.05, 3.63) is 29.8 Å². The zero-order valence-corrected chi connectivity index (χ0v) is 20.3. The molecule has 160 valence electrons. The molecule has 0 aliphatic carbocycles. The summed E-state index contributed by atoms with van der Waals surface area (Å²) >= 11 is 0. The molecule has 0 bridgehead atoms. The van der Waals surface area contributed by atoms with E-state index in [4.69, 9.17) is 9.73 Å². The highest BCUT2D eigenvalue weighted by atomic mass is 127. The minimum absolute atomic E-state index is 0. The Morgan fingerprint density at radius 1 is 1.29 bits per heavy atom. The molecule has 0 aromatic heterocycles. The van der Waals surface area contributed by atoms with Gasteiger partial charge in [-0.25, -0.2) is 13.4 Å². The number of methoxy groups -OCH3 is 1. The predicted molar refractivity (Wildman–Crippen MR) is 126 cm³/mol. The number of nitrogens with one attached hydrogen (secondary N) is 2. The van der Waals surface area contributed by atoms with Gasteiger partial charge in [0, 0.05) is 39.0 Å². The number of nitrogens with zero attached hydrogens (tertiary/aromatic N) is 2. The normalized spacial score (nSPS) is 18.3. The summed E-state index contributed by atoms with van der Waals surface area (Å²) in [5, 5.41) is 6.58. The van der Waals surface area contributed by atoms with E-state index in [0.717, 1.165) is 30.3 Å². The van der Waals surface area contributed by atoms with E-state index < -0.39 is 14.6 Å². The van der Waals surface area contributed by atoms with E-state index in [1.165, 1.54) is 0 Å². The third kappa shape index (κ3) is 6.77. The lowest BCUT2D eigenvalue weighted by atomic mass is 10.2. The Morgan fingerprint density at radius 2 is 1.96 bits per heavy atom. The summed E-state index contributed by atoms with van der Waals surface area (Å²) in [6.45, 7) is 9.23. The van der Waals surface area contributed by atoms with Crippen molar-refractivity contribution in [3.8, 4) is 0 Å². The van der Waals surface area contributed by atoms with E-state index in [9.17, 15) is 8.42 Å². The topological polar surface area (TPSA) is 83.0 Å². The Bertz CT molecular complexity index is 736. The van der Waals surface area contributed by atoms with Crippen LogP contribution in [0.4, 0.5) is 5.69 Å². The largest absolute Gasteiger partial charge is 0.383 e. The van der Waals surface area contributed by atoms with Crippen molar-refractivity contribution < 1.29 is 13.2 Å². The Morgan fingerprint density at radius 3 is 2.54 bits per heavy atom. The number of anilines is 1. The fourth-order valence-electron chi connectivity index (χ4n) is 2.94. The highest BCUT2D eigenvalue weighted by molar-refractivity contribution is 14.0. The van der Waals surface area contributed by atoms with Crippen LogP contribution < -0.4 is 10.6 Å². The lowest BCUT2D eigenvalue weighted by Gasteiger charge is -2.39. The second-order valence-electron chi connectivity index (χ2n) is 7.29. The Balaban J connectivity index is 0.00000392. The van der Waals surface area contributed by atoms with Crippen molar-refractivity contribution in [2.24, 2.45) is 4.99 Å². The van der Waals surface area contributed by atoms with Gasteiger partial charge in [-0.3, -0.25) is 0 Å². The minimum Gasteiger partial charge on any atom is -0.383 e. The molecule has 1 aromatic rings. The van der Waals surface area contributed by atoms with Crippen molar-refractivity contribution in [2.75, 3.05) is 51.0 Å². The highest BCUT2D eigenvalue weighted by Gasteiger charge is 2.40. The van der Waals surface area contributed by atoms with Crippen LogP contribution in [-0.2, 0) is 21.1 Å². The van der Waals surface area contributed by atoms with E-state index in [-0.39, 0.29) is 29.7 Å². The quantitative estimate of drug-likeness (QED) is 0.247. The smallest absolute Gasteiger partial charge is 0.194 e. The number of halogens is 1. The monoisotopic (exact) mass is 524 g/mol. The van der Waals surface area contributed by atoms with Crippen LogP contribution in [0.25, 0.3) is 0 Å². The van der Waals surface area contributed by atoms with Crippen LogP contribution in [0.15, 0.2) is 29.3 Å². The van der Waals surface area contributed by atoms with Gasteiger partial charge in [-0.05, 0) is 38.5 Å². The van der Waals surface area contributed by atoms with Gasteiger partial charge in [0.25, 0.3) is 0 Å².